The van der Waals surface area contributed by atoms with Gasteiger partial charge in [0.25, 0.3) is 0 Å². The van der Waals surface area contributed by atoms with Gasteiger partial charge in [0.15, 0.2) is 5.96 Å². The van der Waals surface area contributed by atoms with Gasteiger partial charge in [0.05, 0.1) is 6.10 Å². The molecule has 0 aromatic heterocycles. The molecule has 1 fully saturated rings. The smallest absolute Gasteiger partial charge is 0.193 e. The Labute approximate surface area is 156 Å². The number of aliphatic hydroxyl groups excluding tert-OH is 1. The van der Waals surface area contributed by atoms with Gasteiger partial charge in [-0.3, -0.25) is 4.99 Å². The molecule has 0 amide bonds. The highest BCUT2D eigenvalue weighted by Crippen LogP contribution is 2.12. The molecule has 5 nitrogen and oxygen atoms in total. The molecular formula is C19H31ClN4O. The van der Waals surface area contributed by atoms with Gasteiger partial charge in [-0.05, 0) is 50.4 Å². The lowest BCUT2D eigenvalue weighted by Crippen LogP contribution is -2.39. The standard InChI is InChI=1S/C19H31ClN4O/c1-3-21-19(23(2)15-16-6-4-7-17(20)14-16)22-10-5-11-24-12-8-18(25)9-13-24/h4,6-7,14,18,25H,3,5,8-13,15H2,1-2H3,(H,21,22). The van der Waals surface area contributed by atoms with E-state index in [1.54, 1.807) is 0 Å². The number of nitrogens with one attached hydrogen (secondary N) is 1. The SMILES string of the molecule is CCNC(=NCCCN1CCC(O)CC1)N(C)Cc1cccc(Cl)c1. The third-order valence-corrected chi connectivity index (χ3v) is 4.69. The molecule has 0 saturated carbocycles. The Kier molecular flexibility index (Phi) is 8.52. The second kappa shape index (κ2) is 10.6. The van der Waals surface area contributed by atoms with Crippen LogP contribution in [0.25, 0.3) is 0 Å². The number of aliphatic imine (C=N–C) groups is 1. The van der Waals surface area contributed by atoms with E-state index in [2.05, 4.69) is 35.2 Å². The molecule has 140 valence electrons. The zero-order valence-electron chi connectivity index (χ0n) is 15.4. The van der Waals surface area contributed by atoms with E-state index >= 15 is 0 Å². The van der Waals surface area contributed by atoms with E-state index in [-0.39, 0.29) is 6.10 Å². The summed E-state index contributed by atoms with van der Waals surface area (Å²) >= 11 is 6.07. The Hall–Kier alpha value is -1.30. The van der Waals surface area contributed by atoms with Gasteiger partial charge in [-0.15, -0.1) is 0 Å². The molecule has 1 aliphatic heterocycles. The number of hydrogen-bond donors (Lipinski definition) is 2. The van der Waals surface area contributed by atoms with Crippen LogP contribution in [0.2, 0.25) is 5.02 Å². The maximum atomic E-state index is 9.56. The molecule has 1 aliphatic rings. The highest BCUT2D eigenvalue weighted by molar-refractivity contribution is 6.30. The number of benzene rings is 1. The first-order valence-corrected chi connectivity index (χ1v) is 9.60. The van der Waals surface area contributed by atoms with Crippen molar-refractivity contribution in [3.8, 4) is 0 Å². The monoisotopic (exact) mass is 366 g/mol. The summed E-state index contributed by atoms with van der Waals surface area (Å²) in [6, 6.07) is 7.94. The fourth-order valence-corrected chi connectivity index (χ4v) is 3.29. The number of aliphatic hydroxyl groups is 1. The van der Waals surface area contributed by atoms with E-state index in [0.717, 1.165) is 69.5 Å². The Balaban J connectivity index is 1.80. The lowest BCUT2D eigenvalue weighted by atomic mass is 10.1. The predicted molar refractivity (Wildman–Crippen MR) is 105 cm³/mol. The van der Waals surface area contributed by atoms with Crippen LogP contribution in [0, 0.1) is 0 Å². The fourth-order valence-electron chi connectivity index (χ4n) is 3.08. The minimum atomic E-state index is -0.102. The molecule has 25 heavy (non-hydrogen) atoms. The normalized spacial score (nSPS) is 16.9. The topological polar surface area (TPSA) is 51.1 Å². The van der Waals surface area contributed by atoms with Gasteiger partial charge in [0.2, 0.25) is 0 Å². The van der Waals surface area contributed by atoms with Crippen molar-refractivity contribution in [2.24, 2.45) is 4.99 Å². The number of rotatable bonds is 7. The van der Waals surface area contributed by atoms with Gasteiger partial charge < -0.3 is 20.2 Å². The number of piperidine rings is 1. The zero-order valence-corrected chi connectivity index (χ0v) is 16.2. The van der Waals surface area contributed by atoms with Gasteiger partial charge in [0, 0.05) is 44.8 Å². The number of likely N-dealkylation sites (tertiary alicyclic amines) is 1. The zero-order chi connectivity index (χ0) is 18.1. The van der Waals surface area contributed by atoms with E-state index in [1.807, 2.05) is 18.2 Å². The van der Waals surface area contributed by atoms with Gasteiger partial charge in [-0.2, -0.15) is 0 Å². The summed E-state index contributed by atoms with van der Waals surface area (Å²) in [5.74, 6) is 0.927. The number of nitrogens with zero attached hydrogens (tertiary/aromatic N) is 3. The third-order valence-electron chi connectivity index (χ3n) is 4.46. The van der Waals surface area contributed by atoms with Gasteiger partial charge in [0.1, 0.15) is 0 Å². The second-order valence-electron chi connectivity index (χ2n) is 6.65. The molecule has 0 unspecified atom stereocenters. The maximum Gasteiger partial charge on any atom is 0.193 e. The Morgan fingerprint density at radius 1 is 1.40 bits per heavy atom. The molecule has 1 heterocycles. The molecule has 2 N–H and O–H groups in total. The van der Waals surface area contributed by atoms with Crippen molar-refractivity contribution >= 4 is 17.6 Å². The predicted octanol–water partition coefficient (Wildman–Crippen LogP) is 2.58. The molecule has 2 rings (SSSR count). The molecular weight excluding hydrogens is 336 g/mol. The molecule has 0 spiro atoms. The van der Waals surface area contributed by atoms with Crippen LogP contribution in [0.5, 0.6) is 0 Å². The van der Waals surface area contributed by atoms with Crippen LogP contribution < -0.4 is 5.32 Å². The summed E-state index contributed by atoms with van der Waals surface area (Å²) in [6.45, 7) is 7.56. The highest BCUT2D eigenvalue weighted by Gasteiger charge is 2.16. The van der Waals surface area contributed by atoms with Gasteiger partial charge in [-0.1, -0.05) is 23.7 Å². The van der Waals surface area contributed by atoms with E-state index in [9.17, 15) is 5.11 Å². The lowest BCUT2D eigenvalue weighted by molar-refractivity contribution is 0.0824. The fraction of sp³-hybridized carbons (Fsp3) is 0.632. The van der Waals surface area contributed by atoms with Crippen molar-refractivity contribution in [2.45, 2.75) is 38.8 Å². The Bertz CT molecular complexity index is 544. The number of guanidine groups is 1. The summed E-state index contributed by atoms with van der Waals surface area (Å²) < 4.78 is 0. The first-order valence-electron chi connectivity index (χ1n) is 9.22. The number of halogens is 1. The van der Waals surface area contributed by atoms with Crippen LogP contribution >= 0.6 is 11.6 Å². The largest absolute Gasteiger partial charge is 0.393 e. The second-order valence-corrected chi connectivity index (χ2v) is 7.08. The van der Waals surface area contributed by atoms with Crippen molar-refractivity contribution in [3.05, 3.63) is 34.9 Å². The van der Waals surface area contributed by atoms with Crippen molar-refractivity contribution < 1.29 is 5.11 Å². The first kappa shape index (κ1) is 20.0. The molecule has 0 radical (unpaired) electrons. The van der Waals surface area contributed by atoms with Crippen LogP contribution in [0.3, 0.4) is 0 Å². The first-order chi connectivity index (χ1) is 12.1. The Morgan fingerprint density at radius 3 is 2.84 bits per heavy atom. The van der Waals surface area contributed by atoms with E-state index in [4.69, 9.17) is 16.6 Å². The highest BCUT2D eigenvalue weighted by atomic mass is 35.5. The summed E-state index contributed by atoms with van der Waals surface area (Å²) in [5, 5.41) is 13.7. The van der Waals surface area contributed by atoms with Crippen molar-refractivity contribution in [1.82, 2.24) is 15.1 Å². The number of hydrogen-bond acceptors (Lipinski definition) is 3. The average Bonchev–Trinajstić information content (AvgIpc) is 2.59. The molecule has 0 atom stereocenters. The summed E-state index contributed by atoms with van der Waals surface area (Å²) in [6.07, 6.45) is 2.73. The van der Waals surface area contributed by atoms with E-state index < -0.39 is 0 Å². The summed E-state index contributed by atoms with van der Waals surface area (Å²) in [4.78, 5) is 9.31. The Morgan fingerprint density at radius 2 is 2.16 bits per heavy atom. The van der Waals surface area contributed by atoms with Crippen molar-refractivity contribution in [1.29, 1.82) is 0 Å². The minimum absolute atomic E-state index is 0.102. The molecule has 1 aromatic rings. The van der Waals surface area contributed by atoms with Crippen LogP contribution in [-0.2, 0) is 6.54 Å². The maximum absolute atomic E-state index is 9.56. The van der Waals surface area contributed by atoms with Crippen molar-refractivity contribution in [3.63, 3.8) is 0 Å². The van der Waals surface area contributed by atoms with Crippen LogP contribution in [0.15, 0.2) is 29.3 Å². The van der Waals surface area contributed by atoms with E-state index in [0.29, 0.717) is 0 Å². The van der Waals surface area contributed by atoms with Crippen LogP contribution in [-0.4, -0.2) is 66.7 Å². The minimum Gasteiger partial charge on any atom is -0.393 e. The summed E-state index contributed by atoms with van der Waals surface area (Å²) in [7, 11) is 2.05. The van der Waals surface area contributed by atoms with Crippen molar-refractivity contribution in [2.75, 3.05) is 39.8 Å². The molecule has 1 aromatic carbocycles. The third kappa shape index (κ3) is 7.22. The van der Waals surface area contributed by atoms with Gasteiger partial charge >= 0.3 is 0 Å². The lowest BCUT2D eigenvalue weighted by Gasteiger charge is -2.29. The molecule has 0 bridgehead atoms. The van der Waals surface area contributed by atoms with Gasteiger partial charge in [-0.25, -0.2) is 0 Å². The average molecular weight is 367 g/mol. The van der Waals surface area contributed by atoms with Crippen LogP contribution in [0.1, 0.15) is 31.7 Å². The summed E-state index contributed by atoms with van der Waals surface area (Å²) in [5.41, 5.74) is 1.17. The quantitative estimate of drug-likeness (QED) is 0.442. The molecule has 6 heteroatoms. The van der Waals surface area contributed by atoms with Crippen LogP contribution in [0.4, 0.5) is 0 Å². The molecule has 0 aliphatic carbocycles. The van der Waals surface area contributed by atoms with E-state index in [1.165, 1.54) is 5.56 Å². The molecule has 1 saturated heterocycles.